The third-order valence-electron chi connectivity index (χ3n) is 2.90. The lowest BCUT2D eigenvalue weighted by molar-refractivity contribution is -0.122. The van der Waals surface area contributed by atoms with Crippen molar-refractivity contribution in [2.75, 3.05) is 19.7 Å². The number of carbonyl (C=O) groups is 1. The van der Waals surface area contributed by atoms with Crippen LogP contribution in [0.1, 0.15) is 19.4 Å². The number of aliphatic hydroxyl groups excluding tert-OH is 1. The van der Waals surface area contributed by atoms with Crippen LogP contribution in [-0.2, 0) is 16.1 Å². The van der Waals surface area contributed by atoms with E-state index < -0.39 is 6.10 Å². The predicted molar refractivity (Wildman–Crippen MR) is 83.3 cm³/mol. The third-order valence-corrected chi connectivity index (χ3v) is 3.15. The molecule has 0 aliphatic heterocycles. The Balaban J connectivity index is 2.17. The highest BCUT2D eigenvalue weighted by molar-refractivity contribution is 6.30. The lowest BCUT2D eigenvalue weighted by Crippen LogP contribution is -2.45. The third kappa shape index (κ3) is 7.43. The number of aliphatic hydroxyl groups is 1. The quantitative estimate of drug-likeness (QED) is 0.643. The van der Waals surface area contributed by atoms with Crippen LogP contribution in [0.3, 0.4) is 0 Å². The zero-order valence-electron chi connectivity index (χ0n) is 12.4. The molecule has 2 atom stereocenters. The van der Waals surface area contributed by atoms with Gasteiger partial charge in [0.25, 0.3) is 0 Å². The molecule has 0 heterocycles. The second-order valence-corrected chi connectivity index (χ2v) is 5.26. The Labute approximate surface area is 130 Å². The summed E-state index contributed by atoms with van der Waals surface area (Å²) in [5, 5.41) is 16.2. The van der Waals surface area contributed by atoms with E-state index in [1.807, 2.05) is 19.1 Å². The summed E-state index contributed by atoms with van der Waals surface area (Å²) in [4.78, 5) is 11.5. The van der Waals surface area contributed by atoms with Gasteiger partial charge < -0.3 is 20.5 Å². The van der Waals surface area contributed by atoms with Gasteiger partial charge >= 0.3 is 0 Å². The molecule has 1 rings (SSSR count). The first-order valence-electron chi connectivity index (χ1n) is 7.04. The topological polar surface area (TPSA) is 70.6 Å². The molecule has 6 heteroatoms. The highest BCUT2D eigenvalue weighted by Crippen LogP contribution is 2.10. The average molecular weight is 315 g/mol. The van der Waals surface area contributed by atoms with Gasteiger partial charge in [-0.3, -0.25) is 4.79 Å². The van der Waals surface area contributed by atoms with Crippen molar-refractivity contribution in [3.05, 3.63) is 34.9 Å². The molecule has 21 heavy (non-hydrogen) atoms. The maximum Gasteiger partial charge on any atom is 0.236 e. The number of hydrogen-bond donors (Lipinski definition) is 3. The van der Waals surface area contributed by atoms with Gasteiger partial charge in [-0.15, -0.1) is 0 Å². The minimum atomic E-state index is -0.658. The molecule has 0 bridgehead atoms. The van der Waals surface area contributed by atoms with Crippen LogP contribution in [0, 0.1) is 0 Å². The molecule has 118 valence electrons. The molecule has 5 nitrogen and oxygen atoms in total. The van der Waals surface area contributed by atoms with Crippen molar-refractivity contribution in [2.24, 2.45) is 0 Å². The van der Waals surface area contributed by atoms with Gasteiger partial charge in [0, 0.05) is 18.1 Å². The summed E-state index contributed by atoms with van der Waals surface area (Å²) in [7, 11) is 0. The van der Waals surface area contributed by atoms with Crippen molar-refractivity contribution < 1.29 is 14.6 Å². The Morgan fingerprint density at radius 1 is 1.38 bits per heavy atom. The number of ether oxygens (including phenoxy) is 1. The number of carbonyl (C=O) groups excluding carboxylic acids is 1. The van der Waals surface area contributed by atoms with E-state index >= 15 is 0 Å². The molecule has 1 aromatic carbocycles. The molecule has 0 saturated heterocycles. The highest BCUT2D eigenvalue weighted by Gasteiger charge is 2.13. The van der Waals surface area contributed by atoms with Gasteiger partial charge in [0.2, 0.25) is 5.91 Å². The van der Waals surface area contributed by atoms with Crippen LogP contribution in [0.2, 0.25) is 5.02 Å². The lowest BCUT2D eigenvalue weighted by atomic mass is 10.2. The van der Waals surface area contributed by atoms with Gasteiger partial charge in [-0.05, 0) is 31.5 Å². The molecule has 0 fully saturated rings. The largest absolute Gasteiger partial charge is 0.389 e. The molecule has 1 aromatic rings. The predicted octanol–water partition coefficient (Wildman–Crippen LogP) is 1.33. The first-order valence-corrected chi connectivity index (χ1v) is 7.42. The molecule has 0 aliphatic carbocycles. The van der Waals surface area contributed by atoms with Gasteiger partial charge in [0.05, 0.1) is 25.4 Å². The molecule has 2 unspecified atom stereocenters. The van der Waals surface area contributed by atoms with E-state index in [9.17, 15) is 9.90 Å². The number of halogens is 1. The van der Waals surface area contributed by atoms with Crippen molar-refractivity contribution in [3.8, 4) is 0 Å². The standard InChI is InChI=1S/C15H23ClN2O3/c1-3-17-15(20)11(2)18-8-14(19)10-21-9-12-4-6-13(16)7-5-12/h4-7,11,14,18-19H,3,8-10H2,1-2H3,(H,17,20). The lowest BCUT2D eigenvalue weighted by Gasteiger charge is -2.16. The SMILES string of the molecule is CCNC(=O)C(C)NCC(O)COCc1ccc(Cl)cc1. The molecule has 0 aromatic heterocycles. The molecule has 0 aliphatic rings. The molecule has 0 spiro atoms. The summed E-state index contributed by atoms with van der Waals surface area (Å²) in [6, 6.07) is 7.02. The second kappa shape index (κ2) is 9.73. The van der Waals surface area contributed by atoms with Crippen molar-refractivity contribution in [1.82, 2.24) is 10.6 Å². The first-order chi connectivity index (χ1) is 10.0. The maximum absolute atomic E-state index is 11.5. The van der Waals surface area contributed by atoms with Gasteiger partial charge in [-0.2, -0.15) is 0 Å². The van der Waals surface area contributed by atoms with E-state index in [1.165, 1.54) is 0 Å². The molecule has 3 N–H and O–H groups in total. The van der Waals surface area contributed by atoms with E-state index in [-0.39, 0.29) is 18.6 Å². The average Bonchev–Trinajstić information content (AvgIpc) is 2.47. The first kappa shape index (κ1) is 17.9. The smallest absolute Gasteiger partial charge is 0.236 e. The Kier molecular flexibility index (Phi) is 8.30. The van der Waals surface area contributed by atoms with Gasteiger partial charge in [-0.1, -0.05) is 23.7 Å². The summed E-state index contributed by atoms with van der Waals surface area (Å²) in [5.41, 5.74) is 0.996. The Morgan fingerprint density at radius 2 is 2.05 bits per heavy atom. The summed E-state index contributed by atoms with van der Waals surface area (Å²) >= 11 is 5.79. The Bertz CT molecular complexity index is 425. The van der Waals surface area contributed by atoms with E-state index in [4.69, 9.17) is 16.3 Å². The molecular formula is C15H23ClN2O3. The minimum Gasteiger partial charge on any atom is -0.389 e. The van der Waals surface area contributed by atoms with Crippen LogP contribution < -0.4 is 10.6 Å². The molecule has 0 radical (unpaired) electrons. The summed E-state index contributed by atoms with van der Waals surface area (Å²) in [6.07, 6.45) is -0.658. The van der Waals surface area contributed by atoms with E-state index in [2.05, 4.69) is 10.6 Å². The molecular weight excluding hydrogens is 292 g/mol. The fraction of sp³-hybridized carbons (Fsp3) is 0.533. The van der Waals surface area contributed by atoms with Crippen LogP contribution >= 0.6 is 11.6 Å². The number of rotatable bonds is 9. The van der Waals surface area contributed by atoms with Crippen molar-refractivity contribution in [2.45, 2.75) is 32.6 Å². The van der Waals surface area contributed by atoms with Crippen LogP contribution in [0.5, 0.6) is 0 Å². The van der Waals surface area contributed by atoms with Crippen LogP contribution in [0.4, 0.5) is 0 Å². The van der Waals surface area contributed by atoms with E-state index in [0.29, 0.717) is 24.7 Å². The normalized spacial score (nSPS) is 13.7. The zero-order valence-corrected chi connectivity index (χ0v) is 13.2. The van der Waals surface area contributed by atoms with Gasteiger partial charge in [0.15, 0.2) is 0 Å². The van der Waals surface area contributed by atoms with Crippen molar-refractivity contribution >= 4 is 17.5 Å². The number of hydrogen-bond acceptors (Lipinski definition) is 4. The van der Waals surface area contributed by atoms with Crippen LogP contribution in [-0.4, -0.2) is 42.9 Å². The fourth-order valence-electron chi connectivity index (χ4n) is 1.69. The minimum absolute atomic E-state index is 0.0771. The second-order valence-electron chi connectivity index (χ2n) is 4.82. The highest BCUT2D eigenvalue weighted by atomic mass is 35.5. The van der Waals surface area contributed by atoms with E-state index in [1.54, 1.807) is 19.1 Å². The number of nitrogens with one attached hydrogen (secondary N) is 2. The van der Waals surface area contributed by atoms with E-state index in [0.717, 1.165) is 5.56 Å². The number of amides is 1. The zero-order chi connectivity index (χ0) is 15.7. The summed E-state index contributed by atoms with van der Waals surface area (Å²) < 4.78 is 5.43. The van der Waals surface area contributed by atoms with Crippen LogP contribution in [0.25, 0.3) is 0 Å². The number of benzene rings is 1. The monoisotopic (exact) mass is 314 g/mol. The Morgan fingerprint density at radius 3 is 2.67 bits per heavy atom. The van der Waals surface area contributed by atoms with Crippen molar-refractivity contribution in [3.63, 3.8) is 0 Å². The number of likely N-dealkylation sites (N-methyl/N-ethyl adjacent to an activating group) is 1. The fourth-order valence-corrected chi connectivity index (χ4v) is 1.81. The van der Waals surface area contributed by atoms with Gasteiger partial charge in [-0.25, -0.2) is 0 Å². The van der Waals surface area contributed by atoms with Crippen molar-refractivity contribution in [1.29, 1.82) is 0 Å². The summed E-state index contributed by atoms with van der Waals surface area (Å²) in [6.45, 7) is 5.14. The Hall–Kier alpha value is -1.14. The molecule has 0 saturated carbocycles. The summed E-state index contributed by atoms with van der Waals surface area (Å²) in [5.74, 6) is -0.0771. The van der Waals surface area contributed by atoms with Crippen LogP contribution in [0.15, 0.2) is 24.3 Å². The molecule has 1 amide bonds. The maximum atomic E-state index is 11.5. The van der Waals surface area contributed by atoms with Gasteiger partial charge in [0.1, 0.15) is 0 Å².